The Balaban J connectivity index is 1.36. The lowest BCUT2D eigenvalue weighted by Gasteiger charge is -2.52. The molecule has 1 saturated heterocycles. The number of nitrogens with zero attached hydrogens (tertiary/aromatic N) is 4. The van der Waals surface area contributed by atoms with Gasteiger partial charge in [-0.15, -0.1) is 0 Å². The molecular formula is C25H38ClN5O2. The molecule has 2 aromatic rings. The first kappa shape index (κ1) is 24.3. The smallest absolute Gasteiger partial charge is 0.256 e. The number of aromatic nitrogens is 3. The topological polar surface area (TPSA) is 76.2 Å². The molecule has 7 nitrogen and oxygen atoms in total. The zero-order valence-corrected chi connectivity index (χ0v) is 21.5. The fraction of sp³-hybridized carbons (Fsp3) is 0.720. The third-order valence-corrected chi connectivity index (χ3v) is 7.74. The molecule has 0 unspecified atom stereocenters. The van der Waals surface area contributed by atoms with Crippen molar-refractivity contribution in [2.45, 2.75) is 85.7 Å². The highest BCUT2D eigenvalue weighted by atomic mass is 35.5. The number of rotatable bonds is 7. The molecule has 3 heterocycles. The number of piperidine rings is 1. The fourth-order valence-electron chi connectivity index (χ4n) is 5.12. The number of amides is 1. The highest BCUT2D eigenvalue weighted by Gasteiger charge is 2.46. The Labute approximate surface area is 202 Å². The molecular weight excluding hydrogens is 438 g/mol. The van der Waals surface area contributed by atoms with Crippen LogP contribution in [0.3, 0.4) is 0 Å². The molecule has 1 amide bonds. The number of nitrogens with one attached hydrogen (secondary N) is 1. The van der Waals surface area contributed by atoms with Gasteiger partial charge in [-0.25, -0.2) is 0 Å². The Morgan fingerprint density at radius 3 is 2.55 bits per heavy atom. The van der Waals surface area contributed by atoms with Gasteiger partial charge < -0.3 is 14.7 Å². The summed E-state index contributed by atoms with van der Waals surface area (Å²) < 4.78 is 6.98. The molecule has 0 aromatic carbocycles. The van der Waals surface area contributed by atoms with Gasteiger partial charge in [-0.2, -0.15) is 5.10 Å². The molecule has 182 valence electrons. The second kappa shape index (κ2) is 9.41. The van der Waals surface area contributed by atoms with Gasteiger partial charge in [-0.05, 0) is 69.5 Å². The van der Waals surface area contributed by atoms with Crippen molar-refractivity contribution in [3.8, 4) is 11.4 Å². The first-order valence-electron chi connectivity index (χ1n) is 12.4. The molecule has 0 atom stereocenters. The standard InChI is InChI=1S/C25H38ClN5O2/c1-6-18-14-19(29-33-18)21-20(22(26)31(7-2)28-21)23(32)27-17-15-25(16-17)9-12-30(13-10-25)11-8-24(3,4)5/h14,17H,6-13,15-16H2,1-5H3,(H,27,32). The second-order valence-electron chi connectivity index (χ2n) is 11.1. The molecule has 2 fully saturated rings. The van der Waals surface area contributed by atoms with Crippen molar-refractivity contribution in [2.75, 3.05) is 19.6 Å². The van der Waals surface area contributed by atoms with Crippen molar-refractivity contribution < 1.29 is 9.32 Å². The van der Waals surface area contributed by atoms with Gasteiger partial charge in [0.1, 0.15) is 27.9 Å². The highest BCUT2D eigenvalue weighted by Crippen LogP contribution is 2.49. The number of carbonyl (C=O) groups is 1. The van der Waals surface area contributed by atoms with E-state index in [1.165, 1.54) is 38.9 Å². The van der Waals surface area contributed by atoms with Crippen LogP contribution in [0.5, 0.6) is 0 Å². The Morgan fingerprint density at radius 1 is 1.27 bits per heavy atom. The molecule has 0 bridgehead atoms. The van der Waals surface area contributed by atoms with E-state index in [-0.39, 0.29) is 11.9 Å². The molecule has 2 aromatic heterocycles. The molecule has 2 aliphatic rings. The van der Waals surface area contributed by atoms with Crippen LogP contribution >= 0.6 is 11.6 Å². The van der Waals surface area contributed by atoms with E-state index >= 15 is 0 Å². The van der Waals surface area contributed by atoms with Crippen molar-refractivity contribution >= 4 is 17.5 Å². The summed E-state index contributed by atoms with van der Waals surface area (Å²) in [5, 5.41) is 12.2. The van der Waals surface area contributed by atoms with Crippen LogP contribution in [0, 0.1) is 10.8 Å². The third-order valence-electron chi connectivity index (χ3n) is 7.36. The summed E-state index contributed by atoms with van der Waals surface area (Å²) in [6.07, 6.45) is 6.51. The lowest BCUT2D eigenvalue weighted by Crippen LogP contribution is -2.55. The quantitative estimate of drug-likeness (QED) is 0.596. The maximum Gasteiger partial charge on any atom is 0.256 e. The number of carbonyl (C=O) groups excluding carboxylic acids is 1. The lowest BCUT2D eigenvalue weighted by atomic mass is 9.60. The molecule has 1 aliphatic carbocycles. The molecule has 1 N–H and O–H groups in total. The van der Waals surface area contributed by atoms with Crippen LogP contribution in [0.2, 0.25) is 5.15 Å². The van der Waals surface area contributed by atoms with Crippen molar-refractivity contribution in [1.29, 1.82) is 0 Å². The molecule has 4 rings (SSSR count). The van der Waals surface area contributed by atoms with E-state index in [1.807, 2.05) is 19.9 Å². The largest absolute Gasteiger partial charge is 0.361 e. The number of aryl methyl sites for hydroxylation is 2. The number of hydrogen-bond acceptors (Lipinski definition) is 5. The average Bonchev–Trinajstić information content (AvgIpc) is 3.35. The van der Waals surface area contributed by atoms with E-state index in [9.17, 15) is 4.79 Å². The summed E-state index contributed by atoms with van der Waals surface area (Å²) in [5.41, 5.74) is 2.21. The summed E-state index contributed by atoms with van der Waals surface area (Å²) in [7, 11) is 0. The van der Waals surface area contributed by atoms with Crippen LogP contribution in [-0.2, 0) is 13.0 Å². The number of hydrogen-bond donors (Lipinski definition) is 1. The minimum absolute atomic E-state index is 0.168. The summed E-state index contributed by atoms with van der Waals surface area (Å²) in [6, 6.07) is 2.03. The summed E-state index contributed by atoms with van der Waals surface area (Å²) in [5.74, 6) is 0.589. The van der Waals surface area contributed by atoms with Gasteiger partial charge in [0.2, 0.25) is 0 Å². The highest BCUT2D eigenvalue weighted by molar-refractivity contribution is 6.33. The van der Waals surface area contributed by atoms with Gasteiger partial charge in [0.25, 0.3) is 5.91 Å². The van der Waals surface area contributed by atoms with Gasteiger partial charge in [-0.3, -0.25) is 9.48 Å². The summed E-state index contributed by atoms with van der Waals surface area (Å²) in [4.78, 5) is 15.9. The Bertz CT molecular complexity index is 974. The monoisotopic (exact) mass is 475 g/mol. The molecule has 33 heavy (non-hydrogen) atoms. The summed E-state index contributed by atoms with van der Waals surface area (Å²) >= 11 is 6.56. The Morgan fingerprint density at radius 2 is 1.97 bits per heavy atom. The van der Waals surface area contributed by atoms with E-state index in [1.54, 1.807) is 4.68 Å². The van der Waals surface area contributed by atoms with E-state index in [2.05, 4.69) is 41.2 Å². The molecule has 8 heteroatoms. The van der Waals surface area contributed by atoms with E-state index in [4.69, 9.17) is 16.1 Å². The first-order chi connectivity index (χ1) is 15.6. The zero-order chi connectivity index (χ0) is 23.8. The third kappa shape index (κ3) is 5.29. The van der Waals surface area contributed by atoms with Crippen LogP contribution < -0.4 is 5.32 Å². The van der Waals surface area contributed by atoms with Crippen molar-refractivity contribution in [1.82, 2.24) is 25.2 Å². The Kier molecular flexibility index (Phi) is 6.92. The van der Waals surface area contributed by atoms with Crippen LogP contribution in [0.15, 0.2) is 10.6 Å². The van der Waals surface area contributed by atoms with Crippen LogP contribution in [0.1, 0.15) is 82.8 Å². The van der Waals surface area contributed by atoms with Crippen LogP contribution in [0.4, 0.5) is 0 Å². The average molecular weight is 476 g/mol. The molecule has 0 radical (unpaired) electrons. The normalized spacial score (nSPS) is 19.1. The van der Waals surface area contributed by atoms with Crippen molar-refractivity contribution in [2.24, 2.45) is 10.8 Å². The molecule has 1 aliphatic heterocycles. The number of likely N-dealkylation sites (tertiary alicyclic amines) is 1. The van der Waals surface area contributed by atoms with Crippen molar-refractivity contribution in [3.05, 3.63) is 22.5 Å². The van der Waals surface area contributed by atoms with Crippen LogP contribution in [0.25, 0.3) is 11.4 Å². The predicted octanol–water partition coefficient (Wildman–Crippen LogP) is 5.18. The second-order valence-corrected chi connectivity index (χ2v) is 11.5. The maximum absolute atomic E-state index is 13.3. The van der Waals surface area contributed by atoms with Gasteiger partial charge in [0.15, 0.2) is 0 Å². The minimum atomic E-state index is -0.168. The SMILES string of the molecule is CCc1cc(-c2nn(CC)c(Cl)c2C(=O)NC2CC3(CCN(CCC(C)(C)C)CC3)C2)no1. The van der Waals surface area contributed by atoms with Crippen molar-refractivity contribution in [3.63, 3.8) is 0 Å². The van der Waals surface area contributed by atoms with Gasteiger partial charge in [0.05, 0.1) is 0 Å². The minimum Gasteiger partial charge on any atom is -0.361 e. The molecule has 1 spiro atoms. The fourth-order valence-corrected chi connectivity index (χ4v) is 5.45. The lowest BCUT2D eigenvalue weighted by molar-refractivity contribution is 0.00470. The van der Waals surface area contributed by atoms with E-state index in [0.29, 0.717) is 39.5 Å². The van der Waals surface area contributed by atoms with Gasteiger partial charge >= 0.3 is 0 Å². The zero-order valence-electron chi connectivity index (χ0n) is 20.7. The van der Waals surface area contributed by atoms with Gasteiger partial charge in [-0.1, -0.05) is 44.5 Å². The van der Waals surface area contributed by atoms with Crippen LogP contribution in [-0.4, -0.2) is 51.4 Å². The van der Waals surface area contributed by atoms with E-state index in [0.717, 1.165) is 25.0 Å². The predicted molar refractivity (Wildman–Crippen MR) is 130 cm³/mol. The Hall–Kier alpha value is -1.86. The number of halogens is 1. The first-order valence-corrected chi connectivity index (χ1v) is 12.8. The van der Waals surface area contributed by atoms with E-state index < -0.39 is 0 Å². The maximum atomic E-state index is 13.3. The summed E-state index contributed by atoms with van der Waals surface area (Å²) in [6.45, 7) is 15.0. The van der Waals surface area contributed by atoms with Gasteiger partial charge in [0, 0.05) is 25.1 Å². The molecule has 1 saturated carbocycles.